The number of halogens is 4. The summed E-state index contributed by atoms with van der Waals surface area (Å²) in [6, 6.07) is 15.5. The molecule has 3 atom stereocenters. The Morgan fingerprint density at radius 1 is 0.957 bits per heavy atom. The Hall–Kier alpha value is -4.27. The molecule has 3 aromatic carbocycles. The van der Waals surface area contributed by atoms with Crippen LogP contribution in [-0.2, 0) is 27.1 Å². The summed E-state index contributed by atoms with van der Waals surface area (Å²) in [4.78, 5) is 55.4. The van der Waals surface area contributed by atoms with Crippen LogP contribution in [0.15, 0.2) is 76.6 Å². The van der Waals surface area contributed by atoms with Crippen LogP contribution in [0.25, 0.3) is 0 Å². The van der Waals surface area contributed by atoms with Crippen LogP contribution in [-0.4, -0.2) is 41.8 Å². The van der Waals surface area contributed by atoms with Gasteiger partial charge in [0.1, 0.15) is 11.8 Å². The Morgan fingerprint density at radius 3 is 2.35 bits per heavy atom. The molecule has 1 saturated heterocycles. The lowest BCUT2D eigenvalue weighted by atomic mass is 9.83. The second-order valence-electron chi connectivity index (χ2n) is 10.4. The third-order valence-electron chi connectivity index (χ3n) is 7.68. The van der Waals surface area contributed by atoms with E-state index in [-0.39, 0.29) is 5.69 Å². The number of aromatic nitrogens is 1. The van der Waals surface area contributed by atoms with Gasteiger partial charge >= 0.3 is 11.0 Å². The third-order valence-corrected chi connectivity index (χ3v) is 10.5. The second kappa shape index (κ2) is 12.2. The zero-order valence-electron chi connectivity index (χ0n) is 24.0. The number of ether oxygens (including phenoxy) is 2. The van der Waals surface area contributed by atoms with Crippen molar-refractivity contribution in [3.63, 3.8) is 0 Å². The average molecular weight is 690 g/mol. The number of imide groups is 1. The molecule has 0 bridgehead atoms. The molecule has 15 heteroatoms. The molecule has 2 aliphatic rings. The number of hydrogen-bond donors (Lipinski definition) is 1. The van der Waals surface area contributed by atoms with E-state index in [1.54, 1.807) is 42.5 Å². The predicted octanol–water partition coefficient (Wildman–Crippen LogP) is 6.03. The Morgan fingerprint density at radius 2 is 1.67 bits per heavy atom. The molecule has 1 fully saturated rings. The molecule has 0 spiro atoms. The highest BCUT2D eigenvalue weighted by molar-refractivity contribution is 8.00. The van der Waals surface area contributed by atoms with E-state index >= 15 is 0 Å². The van der Waals surface area contributed by atoms with Gasteiger partial charge in [0.25, 0.3) is 0 Å². The second-order valence-corrected chi connectivity index (χ2v) is 13.0. The number of fused-ring (bicyclic) bond motifs is 2. The minimum Gasteiger partial charge on any atom is -0.493 e. The van der Waals surface area contributed by atoms with Crippen LogP contribution in [0.5, 0.6) is 11.5 Å². The standard InChI is InChI=1S/C31H23ClF3N3O6S2/c1-43-20-11-6-15(12-21(20)44-2)23-24-25(28(41)38(27(24)40)19-9-7-17(32)8-10-19)45-29-26(23)46-30(42)37(29)14-22(39)36-18-5-3-4-16(13-18)31(33,34)35/h3-13,23-25H,14H2,1-2H3,(H,36,39)/t23-,24?,25?/m0/s1. The SMILES string of the molecule is COc1ccc([C@@H]2c3sc(=O)n(CC(=O)Nc4cccc(C(F)(F)F)c4)c3SC3C(=O)N(c4ccc(Cl)cc4)C(=O)C32)cc1OC. The van der Waals surface area contributed by atoms with Crippen molar-refractivity contribution in [3.05, 3.63) is 97.4 Å². The molecule has 3 heterocycles. The van der Waals surface area contributed by atoms with E-state index in [0.29, 0.717) is 37.7 Å². The number of hydrogen-bond acceptors (Lipinski definition) is 8. The number of thiazole rings is 1. The fraction of sp³-hybridized carbons (Fsp3) is 0.226. The molecule has 0 aliphatic carbocycles. The number of carbonyl (C=O) groups is 3. The molecule has 0 radical (unpaired) electrons. The Balaban J connectivity index is 1.41. The number of thioether (sulfide) groups is 1. The van der Waals surface area contributed by atoms with Gasteiger partial charge in [-0.1, -0.05) is 46.8 Å². The van der Waals surface area contributed by atoms with Crippen LogP contribution >= 0.6 is 34.7 Å². The largest absolute Gasteiger partial charge is 0.493 e. The minimum absolute atomic E-state index is 0.0944. The topological polar surface area (TPSA) is 107 Å². The fourth-order valence-electron chi connectivity index (χ4n) is 5.62. The van der Waals surface area contributed by atoms with Gasteiger partial charge in [-0.05, 0) is 60.2 Å². The number of rotatable bonds is 7. The monoisotopic (exact) mass is 689 g/mol. The number of carbonyl (C=O) groups excluding carboxylic acids is 3. The van der Waals surface area contributed by atoms with Crippen molar-refractivity contribution in [1.82, 2.24) is 4.57 Å². The van der Waals surface area contributed by atoms with Crippen molar-refractivity contribution in [3.8, 4) is 11.5 Å². The fourth-order valence-corrected chi connectivity index (χ4v) is 8.52. The lowest BCUT2D eigenvalue weighted by molar-refractivity contribution is -0.137. The number of nitrogens with zero attached hydrogens (tertiary/aromatic N) is 2. The molecule has 0 saturated carbocycles. The number of methoxy groups -OCH3 is 2. The first-order valence-electron chi connectivity index (χ1n) is 13.6. The van der Waals surface area contributed by atoms with E-state index in [1.165, 1.54) is 24.9 Å². The molecule has 2 unspecified atom stereocenters. The average Bonchev–Trinajstić information content (AvgIpc) is 3.47. The highest BCUT2D eigenvalue weighted by Gasteiger charge is 2.57. The summed E-state index contributed by atoms with van der Waals surface area (Å²) in [7, 11) is 2.93. The van der Waals surface area contributed by atoms with Gasteiger partial charge in [0.15, 0.2) is 11.5 Å². The van der Waals surface area contributed by atoms with E-state index in [9.17, 15) is 32.3 Å². The molecule has 2 aliphatic heterocycles. The molecule has 238 valence electrons. The maximum Gasteiger partial charge on any atom is 0.416 e. The summed E-state index contributed by atoms with van der Waals surface area (Å²) in [5, 5.41) is 2.20. The first-order valence-corrected chi connectivity index (χ1v) is 15.7. The van der Waals surface area contributed by atoms with Gasteiger partial charge in [0.2, 0.25) is 17.7 Å². The molecule has 3 amide bonds. The van der Waals surface area contributed by atoms with E-state index in [0.717, 1.165) is 46.2 Å². The molecule has 9 nitrogen and oxygen atoms in total. The van der Waals surface area contributed by atoms with Crippen molar-refractivity contribution in [2.75, 3.05) is 24.4 Å². The van der Waals surface area contributed by atoms with Gasteiger partial charge < -0.3 is 14.8 Å². The number of amides is 3. The van der Waals surface area contributed by atoms with E-state index in [4.69, 9.17) is 21.1 Å². The molecule has 1 aromatic heterocycles. The van der Waals surface area contributed by atoms with Crippen molar-refractivity contribution in [2.24, 2.45) is 5.92 Å². The molecule has 1 N–H and O–H groups in total. The van der Waals surface area contributed by atoms with Crippen LogP contribution in [0.3, 0.4) is 0 Å². The molecular formula is C31H23ClF3N3O6S2. The van der Waals surface area contributed by atoms with Gasteiger partial charge in [0, 0.05) is 21.5 Å². The number of anilines is 2. The summed E-state index contributed by atoms with van der Waals surface area (Å²) in [5.74, 6) is -2.60. The molecular weight excluding hydrogens is 667 g/mol. The quantitative estimate of drug-likeness (QED) is 0.236. The highest BCUT2D eigenvalue weighted by Crippen LogP contribution is 2.54. The van der Waals surface area contributed by atoms with Crippen molar-refractivity contribution in [2.45, 2.75) is 28.9 Å². The van der Waals surface area contributed by atoms with Crippen LogP contribution in [0.1, 0.15) is 21.9 Å². The zero-order valence-corrected chi connectivity index (χ0v) is 26.4. The van der Waals surface area contributed by atoms with Crippen LogP contribution in [0.2, 0.25) is 5.02 Å². The summed E-state index contributed by atoms with van der Waals surface area (Å²) in [5.41, 5.74) is -0.121. The van der Waals surface area contributed by atoms with Crippen molar-refractivity contribution in [1.29, 1.82) is 0 Å². The van der Waals surface area contributed by atoms with E-state index in [2.05, 4.69) is 5.32 Å². The first kappa shape index (κ1) is 31.7. The maximum absolute atomic E-state index is 14.1. The lowest BCUT2D eigenvalue weighted by Crippen LogP contribution is -2.33. The van der Waals surface area contributed by atoms with Gasteiger partial charge in [-0.15, -0.1) is 0 Å². The normalized spacial score (nSPS) is 19.1. The third kappa shape index (κ3) is 5.65. The lowest BCUT2D eigenvalue weighted by Gasteiger charge is -2.31. The summed E-state index contributed by atoms with van der Waals surface area (Å²) in [6.45, 7) is -0.535. The Bertz CT molecular complexity index is 1930. The summed E-state index contributed by atoms with van der Waals surface area (Å²) in [6.07, 6.45) is -4.61. The van der Waals surface area contributed by atoms with Crippen LogP contribution in [0.4, 0.5) is 24.5 Å². The van der Waals surface area contributed by atoms with Gasteiger partial charge in [-0.3, -0.25) is 23.7 Å². The van der Waals surface area contributed by atoms with E-state index in [1.807, 2.05) is 0 Å². The number of benzene rings is 3. The highest BCUT2D eigenvalue weighted by atomic mass is 35.5. The van der Waals surface area contributed by atoms with Crippen molar-refractivity contribution < 1.29 is 37.0 Å². The van der Waals surface area contributed by atoms with Crippen LogP contribution in [0, 0.1) is 5.92 Å². The Kier molecular flexibility index (Phi) is 8.38. The molecule has 6 rings (SSSR count). The predicted molar refractivity (Wildman–Crippen MR) is 167 cm³/mol. The minimum atomic E-state index is -4.61. The Labute approximate surface area is 272 Å². The summed E-state index contributed by atoms with van der Waals surface area (Å²) < 4.78 is 51.7. The molecule has 46 heavy (non-hydrogen) atoms. The summed E-state index contributed by atoms with van der Waals surface area (Å²) >= 11 is 7.88. The number of nitrogens with one attached hydrogen (secondary N) is 1. The maximum atomic E-state index is 14.1. The van der Waals surface area contributed by atoms with Crippen LogP contribution < -0.4 is 24.6 Å². The van der Waals surface area contributed by atoms with Gasteiger partial charge in [-0.2, -0.15) is 13.2 Å². The number of alkyl halides is 3. The zero-order chi connectivity index (χ0) is 32.9. The van der Waals surface area contributed by atoms with E-state index < -0.39 is 58.0 Å². The van der Waals surface area contributed by atoms with Gasteiger partial charge in [-0.25, -0.2) is 4.90 Å². The van der Waals surface area contributed by atoms with Crippen molar-refractivity contribution >= 4 is 63.8 Å². The molecule has 4 aromatic rings. The smallest absolute Gasteiger partial charge is 0.416 e. The first-order chi connectivity index (χ1) is 21.9. The van der Waals surface area contributed by atoms with Gasteiger partial charge in [0.05, 0.1) is 36.4 Å².